The van der Waals surface area contributed by atoms with Gasteiger partial charge < -0.3 is 14.9 Å². The fourth-order valence-corrected chi connectivity index (χ4v) is 4.51. The molecule has 0 bridgehead atoms. The summed E-state index contributed by atoms with van der Waals surface area (Å²) in [5.41, 5.74) is 2.48. The molecule has 1 saturated carbocycles. The molecular weight excluding hydrogens is 417 g/mol. The van der Waals surface area contributed by atoms with Crippen molar-refractivity contribution in [3.63, 3.8) is 0 Å². The molecule has 0 saturated heterocycles. The summed E-state index contributed by atoms with van der Waals surface area (Å²) in [6.45, 7) is 0.757. The Morgan fingerprint density at radius 1 is 1.12 bits per heavy atom. The fraction of sp³-hybridized carbons (Fsp3) is 0.250. The van der Waals surface area contributed by atoms with Crippen molar-refractivity contribution >= 4 is 16.8 Å². The lowest BCUT2D eigenvalue weighted by Gasteiger charge is -2.36. The lowest BCUT2D eigenvalue weighted by Crippen LogP contribution is -2.36. The van der Waals surface area contributed by atoms with Crippen LogP contribution in [-0.4, -0.2) is 27.0 Å². The van der Waals surface area contributed by atoms with Crippen LogP contribution in [0.3, 0.4) is 0 Å². The smallest absolute Gasteiger partial charge is 0.239 e. The van der Waals surface area contributed by atoms with Gasteiger partial charge in [-0.2, -0.15) is 0 Å². The van der Waals surface area contributed by atoms with Gasteiger partial charge in [0.25, 0.3) is 0 Å². The first-order valence-electron chi connectivity index (χ1n) is 10.5. The van der Waals surface area contributed by atoms with Crippen molar-refractivity contribution in [2.75, 3.05) is 6.54 Å². The minimum atomic E-state index is -0.655. The Hall–Kier alpha value is -3.55. The standard InChI is InChI=1S/C24H21F3N4O/c25-17-3-1-15(2-4-17)23-22(19-9-18(26)10-20(27)24(19)30-23)16-7-14(8-16)11-29-21(32)12-31-6-5-28-13-31/h1-6,9-10,13-14,16,30H,7-8,11-12H2,(H,29,32). The lowest BCUT2D eigenvalue weighted by molar-refractivity contribution is -0.122. The average molecular weight is 438 g/mol. The number of nitrogens with one attached hydrogen (secondary N) is 2. The Balaban J connectivity index is 1.35. The number of H-pyrrole nitrogens is 1. The van der Waals surface area contributed by atoms with Gasteiger partial charge in [-0.15, -0.1) is 0 Å². The number of amides is 1. The predicted octanol–water partition coefficient (Wildman–Crippen LogP) is 4.76. The quantitative estimate of drug-likeness (QED) is 0.456. The van der Waals surface area contributed by atoms with Gasteiger partial charge in [-0.3, -0.25) is 4.79 Å². The van der Waals surface area contributed by atoms with E-state index < -0.39 is 11.6 Å². The van der Waals surface area contributed by atoms with E-state index in [2.05, 4.69) is 15.3 Å². The second kappa shape index (κ2) is 8.18. The van der Waals surface area contributed by atoms with Crippen molar-refractivity contribution in [1.82, 2.24) is 19.9 Å². The molecule has 2 heterocycles. The maximum atomic E-state index is 14.5. The highest BCUT2D eigenvalue weighted by atomic mass is 19.1. The zero-order valence-electron chi connectivity index (χ0n) is 17.1. The van der Waals surface area contributed by atoms with Crippen LogP contribution in [0.1, 0.15) is 24.3 Å². The molecule has 0 aliphatic heterocycles. The number of hydrogen-bond acceptors (Lipinski definition) is 2. The SMILES string of the molecule is O=C(Cn1ccnc1)NCC1CC(c2c(-c3ccc(F)cc3)[nH]c3c(F)cc(F)cc23)C1. The Labute approximate surface area is 182 Å². The minimum Gasteiger partial charge on any atom is -0.354 e. The molecule has 1 aliphatic carbocycles. The van der Waals surface area contributed by atoms with E-state index in [-0.39, 0.29) is 35.6 Å². The maximum absolute atomic E-state index is 14.5. The first-order valence-corrected chi connectivity index (χ1v) is 10.5. The number of hydrogen-bond donors (Lipinski definition) is 2. The zero-order valence-corrected chi connectivity index (χ0v) is 17.1. The molecular formula is C24H21F3N4O. The molecule has 0 spiro atoms. The molecule has 5 nitrogen and oxygen atoms in total. The average Bonchev–Trinajstić information content (AvgIpc) is 3.36. The van der Waals surface area contributed by atoms with Gasteiger partial charge in [-0.1, -0.05) is 0 Å². The van der Waals surface area contributed by atoms with Crippen LogP contribution in [0.15, 0.2) is 55.1 Å². The number of nitrogens with zero attached hydrogens (tertiary/aromatic N) is 2. The Morgan fingerprint density at radius 3 is 2.62 bits per heavy atom. The third-order valence-electron chi connectivity index (χ3n) is 6.11. The van der Waals surface area contributed by atoms with E-state index >= 15 is 0 Å². The van der Waals surface area contributed by atoms with Crippen LogP contribution in [0.2, 0.25) is 0 Å². The molecule has 2 N–H and O–H groups in total. The number of imidazole rings is 1. The first kappa shape index (κ1) is 20.4. The van der Waals surface area contributed by atoms with E-state index in [1.165, 1.54) is 18.2 Å². The van der Waals surface area contributed by atoms with Gasteiger partial charge in [0.1, 0.15) is 24.0 Å². The summed E-state index contributed by atoms with van der Waals surface area (Å²) in [5, 5.41) is 3.45. The Bertz CT molecular complexity index is 1260. The summed E-state index contributed by atoms with van der Waals surface area (Å²) < 4.78 is 43.6. The summed E-state index contributed by atoms with van der Waals surface area (Å²) in [6, 6.07) is 8.16. The van der Waals surface area contributed by atoms with Crippen molar-refractivity contribution in [3.8, 4) is 11.3 Å². The molecule has 164 valence electrons. The van der Waals surface area contributed by atoms with Crippen LogP contribution >= 0.6 is 0 Å². The number of carbonyl (C=O) groups is 1. The summed E-state index contributed by atoms with van der Waals surface area (Å²) in [6.07, 6.45) is 6.50. The number of carbonyl (C=O) groups excluding carboxylic acids is 1. The van der Waals surface area contributed by atoms with Crippen molar-refractivity contribution in [3.05, 3.63) is 78.1 Å². The number of rotatable bonds is 6. The molecule has 4 aromatic rings. The maximum Gasteiger partial charge on any atom is 0.239 e. The molecule has 0 radical (unpaired) electrons. The van der Waals surface area contributed by atoms with Crippen molar-refractivity contribution < 1.29 is 18.0 Å². The molecule has 0 atom stereocenters. The molecule has 2 aromatic heterocycles. The second-order valence-electron chi connectivity index (χ2n) is 8.30. The number of benzene rings is 2. The van der Waals surface area contributed by atoms with Gasteiger partial charge >= 0.3 is 0 Å². The van der Waals surface area contributed by atoms with Crippen molar-refractivity contribution in [1.29, 1.82) is 0 Å². The predicted molar refractivity (Wildman–Crippen MR) is 114 cm³/mol. The van der Waals surface area contributed by atoms with Gasteiger partial charge in [-0.05, 0) is 66.1 Å². The van der Waals surface area contributed by atoms with Crippen LogP contribution in [0.5, 0.6) is 0 Å². The highest BCUT2D eigenvalue weighted by molar-refractivity contribution is 5.92. The Kier molecular flexibility index (Phi) is 5.20. The second-order valence-corrected chi connectivity index (χ2v) is 8.30. The van der Waals surface area contributed by atoms with Gasteiger partial charge in [-0.25, -0.2) is 18.2 Å². The Morgan fingerprint density at radius 2 is 1.91 bits per heavy atom. The van der Waals surface area contributed by atoms with E-state index in [9.17, 15) is 18.0 Å². The molecule has 8 heteroatoms. The number of fused-ring (bicyclic) bond motifs is 1. The topological polar surface area (TPSA) is 62.7 Å². The van der Waals surface area contributed by atoms with Crippen LogP contribution in [0.4, 0.5) is 13.2 Å². The molecule has 2 aromatic carbocycles. The molecule has 32 heavy (non-hydrogen) atoms. The van der Waals surface area contributed by atoms with Gasteiger partial charge in [0.05, 0.1) is 17.5 Å². The number of aromatic nitrogens is 3. The van der Waals surface area contributed by atoms with Gasteiger partial charge in [0.2, 0.25) is 5.91 Å². The molecule has 1 aliphatic rings. The largest absolute Gasteiger partial charge is 0.354 e. The van der Waals surface area contributed by atoms with Crippen LogP contribution < -0.4 is 5.32 Å². The third kappa shape index (κ3) is 3.88. The molecule has 1 fully saturated rings. The summed E-state index contributed by atoms with van der Waals surface area (Å²) >= 11 is 0. The normalized spacial score (nSPS) is 18.0. The third-order valence-corrected chi connectivity index (χ3v) is 6.11. The summed E-state index contributed by atoms with van der Waals surface area (Å²) in [7, 11) is 0. The minimum absolute atomic E-state index is 0.0838. The van der Waals surface area contributed by atoms with Gasteiger partial charge in [0.15, 0.2) is 0 Å². The van der Waals surface area contributed by atoms with E-state index in [1.54, 1.807) is 35.4 Å². The summed E-state index contributed by atoms with van der Waals surface area (Å²) in [4.78, 5) is 19.1. The highest BCUT2D eigenvalue weighted by Gasteiger charge is 2.34. The van der Waals surface area contributed by atoms with E-state index in [1.807, 2.05) is 0 Å². The van der Waals surface area contributed by atoms with Crippen LogP contribution in [-0.2, 0) is 11.3 Å². The number of aromatic amines is 1. The van der Waals surface area contributed by atoms with Crippen molar-refractivity contribution in [2.45, 2.75) is 25.3 Å². The monoisotopic (exact) mass is 438 g/mol. The lowest BCUT2D eigenvalue weighted by atomic mass is 9.70. The fourth-order valence-electron chi connectivity index (χ4n) is 4.51. The molecule has 0 unspecified atom stereocenters. The van der Waals surface area contributed by atoms with E-state index in [0.29, 0.717) is 17.6 Å². The van der Waals surface area contributed by atoms with Gasteiger partial charge in [0, 0.05) is 30.4 Å². The van der Waals surface area contributed by atoms with E-state index in [4.69, 9.17) is 0 Å². The number of halogens is 3. The molecule has 5 rings (SSSR count). The van der Waals surface area contributed by atoms with Crippen LogP contribution in [0, 0.1) is 23.4 Å². The first-order chi connectivity index (χ1) is 15.5. The van der Waals surface area contributed by atoms with Crippen LogP contribution in [0.25, 0.3) is 22.2 Å². The van der Waals surface area contributed by atoms with E-state index in [0.717, 1.165) is 30.0 Å². The van der Waals surface area contributed by atoms with Crippen molar-refractivity contribution in [2.24, 2.45) is 5.92 Å². The highest BCUT2D eigenvalue weighted by Crippen LogP contribution is 2.48. The molecule has 1 amide bonds. The zero-order chi connectivity index (χ0) is 22.2. The summed E-state index contributed by atoms with van der Waals surface area (Å²) in [5.74, 6) is -1.38.